The Hall–Kier alpha value is -1.56. The third-order valence-electron chi connectivity index (χ3n) is 2.06. The number of carbonyl (C=O) groups excluding carboxylic acids is 1. The lowest BCUT2D eigenvalue weighted by molar-refractivity contribution is -0.116. The van der Waals surface area contributed by atoms with E-state index in [0.29, 0.717) is 25.2 Å². The molecule has 6 heteroatoms. The first-order chi connectivity index (χ1) is 8.04. The van der Waals surface area contributed by atoms with Crippen LogP contribution in [0.3, 0.4) is 0 Å². The maximum Gasteiger partial charge on any atom is 0.225 e. The van der Waals surface area contributed by atoms with Crippen LogP contribution in [0.4, 0.5) is 18.9 Å². The van der Waals surface area contributed by atoms with Gasteiger partial charge in [-0.25, -0.2) is 13.2 Å². The number of nitrogens with one attached hydrogen (secondary N) is 2. The molecule has 1 rings (SSSR count). The SMILES string of the molecule is CCNCCC(=O)Nc1cc(F)c(F)cc1F. The van der Waals surface area contributed by atoms with Crippen LogP contribution in [-0.2, 0) is 4.79 Å². The molecule has 1 amide bonds. The van der Waals surface area contributed by atoms with Crippen molar-refractivity contribution in [2.24, 2.45) is 0 Å². The summed E-state index contributed by atoms with van der Waals surface area (Å²) in [5.41, 5.74) is -0.356. The number of amides is 1. The number of rotatable bonds is 5. The van der Waals surface area contributed by atoms with Crippen LogP contribution in [0, 0.1) is 17.5 Å². The molecule has 0 spiro atoms. The monoisotopic (exact) mass is 246 g/mol. The quantitative estimate of drug-likeness (QED) is 0.616. The summed E-state index contributed by atoms with van der Waals surface area (Å²) in [6.45, 7) is 3.04. The highest BCUT2D eigenvalue weighted by molar-refractivity contribution is 5.90. The Morgan fingerprint density at radius 2 is 1.82 bits per heavy atom. The molecule has 1 aromatic rings. The lowest BCUT2D eigenvalue weighted by atomic mass is 10.2. The van der Waals surface area contributed by atoms with Crippen molar-refractivity contribution in [3.63, 3.8) is 0 Å². The normalized spacial score (nSPS) is 10.4. The van der Waals surface area contributed by atoms with Crippen LogP contribution in [-0.4, -0.2) is 19.0 Å². The van der Waals surface area contributed by atoms with Gasteiger partial charge >= 0.3 is 0 Å². The first kappa shape index (κ1) is 13.5. The van der Waals surface area contributed by atoms with Gasteiger partial charge in [0.25, 0.3) is 0 Å². The third-order valence-corrected chi connectivity index (χ3v) is 2.06. The van der Waals surface area contributed by atoms with E-state index in [2.05, 4.69) is 10.6 Å². The van der Waals surface area contributed by atoms with Crippen molar-refractivity contribution in [1.82, 2.24) is 5.32 Å². The van der Waals surface area contributed by atoms with Crippen molar-refractivity contribution in [2.75, 3.05) is 18.4 Å². The van der Waals surface area contributed by atoms with Gasteiger partial charge in [-0.05, 0) is 6.54 Å². The van der Waals surface area contributed by atoms with Crippen molar-refractivity contribution in [1.29, 1.82) is 0 Å². The lowest BCUT2D eigenvalue weighted by Crippen LogP contribution is -2.21. The Morgan fingerprint density at radius 3 is 2.47 bits per heavy atom. The van der Waals surface area contributed by atoms with E-state index in [4.69, 9.17) is 0 Å². The van der Waals surface area contributed by atoms with Gasteiger partial charge in [0, 0.05) is 25.1 Å². The highest BCUT2D eigenvalue weighted by Crippen LogP contribution is 2.18. The molecule has 0 unspecified atom stereocenters. The summed E-state index contributed by atoms with van der Waals surface area (Å²) in [5.74, 6) is -3.95. The predicted octanol–water partition coefficient (Wildman–Crippen LogP) is 2.04. The highest BCUT2D eigenvalue weighted by Gasteiger charge is 2.11. The van der Waals surface area contributed by atoms with Gasteiger partial charge < -0.3 is 10.6 Å². The molecule has 94 valence electrons. The molecule has 0 aromatic heterocycles. The van der Waals surface area contributed by atoms with Crippen LogP contribution in [0.1, 0.15) is 13.3 Å². The zero-order valence-electron chi connectivity index (χ0n) is 9.32. The molecule has 0 heterocycles. The molecule has 0 aliphatic carbocycles. The van der Waals surface area contributed by atoms with Gasteiger partial charge in [-0.2, -0.15) is 0 Å². The third kappa shape index (κ3) is 4.07. The highest BCUT2D eigenvalue weighted by atomic mass is 19.2. The van der Waals surface area contributed by atoms with Crippen LogP contribution in [0.5, 0.6) is 0 Å². The van der Waals surface area contributed by atoms with E-state index in [0.717, 1.165) is 0 Å². The Balaban J connectivity index is 2.62. The zero-order valence-corrected chi connectivity index (χ0v) is 9.32. The Kier molecular flexibility index (Phi) is 4.96. The summed E-state index contributed by atoms with van der Waals surface area (Å²) in [5, 5.41) is 5.09. The molecule has 0 bridgehead atoms. The average Bonchev–Trinajstić information content (AvgIpc) is 2.26. The summed E-state index contributed by atoms with van der Waals surface area (Å²) in [4.78, 5) is 11.3. The molecular formula is C11H13F3N2O. The molecule has 0 radical (unpaired) electrons. The molecule has 0 aliphatic heterocycles. The second-order valence-corrected chi connectivity index (χ2v) is 3.40. The Morgan fingerprint density at radius 1 is 1.18 bits per heavy atom. The standard InChI is InChI=1S/C11H13F3N2O/c1-2-15-4-3-11(17)16-10-6-8(13)7(12)5-9(10)14/h5-6,15H,2-4H2,1H3,(H,16,17). The molecule has 17 heavy (non-hydrogen) atoms. The molecule has 0 saturated carbocycles. The minimum Gasteiger partial charge on any atom is -0.323 e. The van der Waals surface area contributed by atoms with Gasteiger partial charge in [0.05, 0.1) is 5.69 Å². The Bertz CT molecular complexity index is 410. The van der Waals surface area contributed by atoms with Gasteiger partial charge in [-0.3, -0.25) is 4.79 Å². The van der Waals surface area contributed by atoms with Crippen LogP contribution in [0.25, 0.3) is 0 Å². The van der Waals surface area contributed by atoms with E-state index in [-0.39, 0.29) is 12.1 Å². The minimum absolute atomic E-state index is 0.131. The second kappa shape index (κ2) is 6.24. The number of hydrogen-bond donors (Lipinski definition) is 2. The summed E-state index contributed by atoms with van der Waals surface area (Å²) in [6.07, 6.45) is 0.131. The molecule has 2 N–H and O–H groups in total. The maximum absolute atomic E-state index is 13.1. The molecule has 0 fully saturated rings. The fraction of sp³-hybridized carbons (Fsp3) is 0.364. The van der Waals surface area contributed by atoms with Gasteiger partial charge in [-0.1, -0.05) is 6.92 Å². The number of anilines is 1. The van der Waals surface area contributed by atoms with Crippen LogP contribution in [0.15, 0.2) is 12.1 Å². The van der Waals surface area contributed by atoms with E-state index >= 15 is 0 Å². The van der Waals surface area contributed by atoms with Crippen molar-refractivity contribution in [3.8, 4) is 0 Å². The van der Waals surface area contributed by atoms with Crippen molar-refractivity contribution >= 4 is 11.6 Å². The van der Waals surface area contributed by atoms with Gasteiger partial charge in [0.2, 0.25) is 5.91 Å². The predicted molar refractivity (Wildman–Crippen MR) is 58.1 cm³/mol. The molecular weight excluding hydrogens is 233 g/mol. The fourth-order valence-electron chi connectivity index (χ4n) is 1.21. The number of halogens is 3. The smallest absolute Gasteiger partial charge is 0.225 e. The average molecular weight is 246 g/mol. The number of hydrogen-bond acceptors (Lipinski definition) is 2. The van der Waals surface area contributed by atoms with E-state index in [1.807, 2.05) is 6.92 Å². The topological polar surface area (TPSA) is 41.1 Å². The fourth-order valence-corrected chi connectivity index (χ4v) is 1.21. The summed E-state index contributed by atoms with van der Waals surface area (Å²) >= 11 is 0. The van der Waals surface area contributed by atoms with Crippen molar-refractivity contribution < 1.29 is 18.0 Å². The zero-order chi connectivity index (χ0) is 12.8. The largest absolute Gasteiger partial charge is 0.323 e. The molecule has 0 aliphatic rings. The van der Waals surface area contributed by atoms with Crippen molar-refractivity contribution in [2.45, 2.75) is 13.3 Å². The lowest BCUT2D eigenvalue weighted by Gasteiger charge is -2.07. The first-order valence-electron chi connectivity index (χ1n) is 5.19. The molecule has 0 saturated heterocycles. The summed E-state index contributed by atoms with van der Waals surface area (Å²) < 4.78 is 38.6. The van der Waals surface area contributed by atoms with Gasteiger partial charge in [-0.15, -0.1) is 0 Å². The molecule has 1 aromatic carbocycles. The van der Waals surface area contributed by atoms with Crippen LogP contribution >= 0.6 is 0 Å². The van der Waals surface area contributed by atoms with E-state index in [9.17, 15) is 18.0 Å². The maximum atomic E-state index is 13.1. The summed E-state index contributed by atoms with van der Waals surface area (Å²) in [6, 6.07) is 1.02. The van der Waals surface area contributed by atoms with E-state index in [1.54, 1.807) is 0 Å². The number of benzene rings is 1. The minimum atomic E-state index is -1.28. The first-order valence-corrected chi connectivity index (χ1v) is 5.19. The second-order valence-electron chi connectivity index (χ2n) is 3.40. The summed E-state index contributed by atoms with van der Waals surface area (Å²) in [7, 11) is 0. The number of carbonyl (C=O) groups is 1. The van der Waals surface area contributed by atoms with E-state index in [1.165, 1.54) is 0 Å². The van der Waals surface area contributed by atoms with Gasteiger partial charge in [0.1, 0.15) is 5.82 Å². The van der Waals surface area contributed by atoms with Crippen LogP contribution < -0.4 is 10.6 Å². The van der Waals surface area contributed by atoms with Crippen molar-refractivity contribution in [3.05, 3.63) is 29.6 Å². The van der Waals surface area contributed by atoms with E-state index < -0.39 is 23.4 Å². The molecule has 0 atom stereocenters. The van der Waals surface area contributed by atoms with Crippen LogP contribution in [0.2, 0.25) is 0 Å². The van der Waals surface area contributed by atoms with Gasteiger partial charge in [0.15, 0.2) is 11.6 Å². The Labute approximate surface area is 97.0 Å². The molecule has 3 nitrogen and oxygen atoms in total.